The average Bonchev–Trinajstić information content (AvgIpc) is 2.48. The van der Waals surface area contributed by atoms with Gasteiger partial charge in [-0.1, -0.05) is 17.7 Å². The van der Waals surface area contributed by atoms with Crippen molar-refractivity contribution in [2.24, 2.45) is 0 Å². The summed E-state index contributed by atoms with van der Waals surface area (Å²) in [5.74, 6) is -1.48. The summed E-state index contributed by atoms with van der Waals surface area (Å²) in [7, 11) is -4.07. The van der Waals surface area contributed by atoms with Crippen LogP contribution in [0.1, 0.15) is 52.0 Å². The minimum Gasteiger partial charge on any atom is -0.444 e. The van der Waals surface area contributed by atoms with Crippen molar-refractivity contribution in [3.05, 3.63) is 29.8 Å². The molecule has 0 saturated heterocycles. The first kappa shape index (κ1) is 21.9. The third-order valence-corrected chi connectivity index (χ3v) is 5.77. The van der Waals surface area contributed by atoms with Crippen LogP contribution in [0.5, 0.6) is 0 Å². The monoisotopic (exact) mass is 410 g/mol. The van der Waals surface area contributed by atoms with Crippen molar-refractivity contribution < 1.29 is 27.5 Å². The highest BCUT2D eigenvalue weighted by molar-refractivity contribution is 7.90. The topological polar surface area (TPSA) is 119 Å². The molecular formula is C19H26N2O6S. The highest BCUT2D eigenvalue weighted by Gasteiger charge is 2.46. The van der Waals surface area contributed by atoms with Gasteiger partial charge in [0.25, 0.3) is 10.0 Å². The molecule has 0 aromatic heterocycles. The minimum atomic E-state index is -4.07. The largest absolute Gasteiger partial charge is 0.444 e. The molecule has 2 rings (SSSR count). The number of aryl methyl sites for hydroxylation is 1. The summed E-state index contributed by atoms with van der Waals surface area (Å²) in [5.41, 5.74) is -1.04. The van der Waals surface area contributed by atoms with E-state index in [1.807, 2.05) is 11.6 Å². The Kier molecular flexibility index (Phi) is 6.18. The number of amides is 2. The number of Topliss-reactive ketones (excluding diaryl/α,β-unsaturated/α-hetero) is 1. The van der Waals surface area contributed by atoms with Crippen molar-refractivity contribution in [2.45, 2.75) is 69.4 Å². The van der Waals surface area contributed by atoms with Crippen molar-refractivity contribution >= 4 is 27.8 Å². The lowest BCUT2D eigenvalue weighted by Crippen LogP contribution is -2.60. The standard InChI is InChI=1S/C19H26N2O6S/c1-13-6-8-14(9-7-13)28(25,26)21-16(23)12-15(22)19(10-5-11-19)20-17(24)27-18(2,3)4/h6-9H,5,10-12H2,1-4H3,(H,20,24)(H,21,23). The van der Waals surface area contributed by atoms with Crippen LogP contribution in [0.25, 0.3) is 0 Å². The molecule has 28 heavy (non-hydrogen) atoms. The maximum Gasteiger partial charge on any atom is 0.408 e. The van der Waals surface area contributed by atoms with Crippen LogP contribution in [-0.4, -0.2) is 37.3 Å². The Labute approximate surface area is 165 Å². The van der Waals surface area contributed by atoms with Gasteiger partial charge in [0, 0.05) is 0 Å². The number of rotatable bonds is 6. The number of hydrogen-bond donors (Lipinski definition) is 2. The van der Waals surface area contributed by atoms with Crippen LogP contribution in [-0.2, 0) is 24.3 Å². The number of carbonyl (C=O) groups excluding carboxylic acids is 3. The zero-order valence-corrected chi connectivity index (χ0v) is 17.3. The smallest absolute Gasteiger partial charge is 0.408 e. The zero-order valence-electron chi connectivity index (χ0n) is 16.5. The second-order valence-corrected chi connectivity index (χ2v) is 9.69. The number of alkyl carbamates (subject to hydrolysis) is 1. The Hall–Kier alpha value is -2.42. The van der Waals surface area contributed by atoms with E-state index < -0.39 is 45.4 Å². The van der Waals surface area contributed by atoms with E-state index in [4.69, 9.17) is 4.74 Å². The fourth-order valence-corrected chi connectivity index (χ4v) is 3.76. The van der Waals surface area contributed by atoms with E-state index in [-0.39, 0.29) is 4.90 Å². The van der Waals surface area contributed by atoms with Gasteiger partial charge in [-0.15, -0.1) is 0 Å². The summed E-state index contributed by atoms with van der Waals surface area (Å²) in [5, 5.41) is 2.55. The number of ketones is 1. The van der Waals surface area contributed by atoms with Gasteiger partial charge in [-0.2, -0.15) is 0 Å². The zero-order chi connectivity index (χ0) is 21.2. The fraction of sp³-hybridized carbons (Fsp3) is 0.526. The van der Waals surface area contributed by atoms with Gasteiger partial charge in [0.05, 0.1) is 11.3 Å². The van der Waals surface area contributed by atoms with E-state index in [0.717, 1.165) is 5.56 Å². The molecule has 1 aromatic carbocycles. The molecule has 8 nitrogen and oxygen atoms in total. The highest BCUT2D eigenvalue weighted by atomic mass is 32.2. The van der Waals surface area contributed by atoms with E-state index >= 15 is 0 Å². The molecule has 0 heterocycles. The summed E-state index contributed by atoms with van der Waals surface area (Å²) in [4.78, 5) is 36.7. The lowest BCUT2D eigenvalue weighted by atomic mass is 9.73. The molecule has 2 amide bonds. The lowest BCUT2D eigenvalue weighted by molar-refractivity contribution is -0.133. The van der Waals surface area contributed by atoms with Crippen molar-refractivity contribution in [1.29, 1.82) is 0 Å². The number of hydrogen-bond acceptors (Lipinski definition) is 6. The van der Waals surface area contributed by atoms with Gasteiger partial charge in [-0.25, -0.2) is 17.9 Å². The van der Waals surface area contributed by atoms with Gasteiger partial charge in [0.15, 0.2) is 5.78 Å². The summed E-state index contributed by atoms with van der Waals surface area (Å²) < 4.78 is 31.6. The average molecular weight is 410 g/mol. The number of nitrogens with one attached hydrogen (secondary N) is 2. The second kappa shape index (κ2) is 7.90. The number of carbonyl (C=O) groups is 3. The van der Waals surface area contributed by atoms with Crippen LogP contribution in [0.15, 0.2) is 29.2 Å². The summed E-state index contributed by atoms with van der Waals surface area (Å²) in [6, 6.07) is 5.98. The molecule has 0 radical (unpaired) electrons. The van der Waals surface area contributed by atoms with Gasteiger partial charge in [0.2, 0.25) is 5.91 Å². The lowest BCUT2D eigenvalue weighted by Gasteiger charge is -2.41. The minimum absolute atomic E-state index is 0.0656. The molecule has 1 fully saturated rings. The first-order valence-corrected chi connectivity index (χ1v) is 10.5. The molecule has 0 unspecified atom stereocenters. The van der Waals surface area contributed by atoms with Gasteiger partial charge < -0.3 is 10.1 Å². The van der Waals surface area contributed by atoms with Gasteiger partial charge in [-0.3, -0.25) is 9.59 Å². The normalized spacial score (nSPS) is 15.9. The Bertz CT molecular complexity index is 865. The van der Waals surface area contributed by atoms with Gasteiger partial charge in [0.1, 0.15) is 11.1 Å². The van der Waals surface area contributed by atoms with Crippen molar-refractivity contribution in [3.8, 4) is 0 Å². The number of sulfonamides is 1. The quantitative estimate of drug-likeness (QED) is 0.694. The maximum atomic E-state index is 12.6. The van der Waals surface area contributed by atoms with E-state index in [1.165, 1.54) is 12.1 Å². The fourth-order valence-electron chi connectivity index (χ4n) is 2.78. The SMILES string of the molecule is Cc1ccc(S(=O)(=O)NC(=O)CC(=O)C2(NC(=O)OC(C)(C)C)CCC2)cc1. The highest BCUT2D eigenvalue weighted by Crippen LogP contribution is 2.34. The molecular weight excluding hydrogens is 384 g/mol. The van der Waals surface area contributed by atoms with Gasteiger partial charge in [-0.05, 0) is 59.1 Å². The van der Waals surface area contributed by atoms with Crippen LogP contribution < -0.4 is 10.0 Å². The molecule has 2 N–H and O–H groups in total. The molecule has 154 valence electrons. The van der Waals surface area contributed by atoms with Crippen LogP contribution in [0.3, 0.4) is 0 Å². The van der Waals surface area contributed by atoms with E-state index in [1.54, 1.807) is 32.9 Å². The molecule has 9 heteroatoms. The van der Waals surface area contributed by atoms with E-state index in [2.05, 4.69) is 5.32 Å². The first-order chi connectivity index (χ1) is 12.8. The third kappa shape index (κ3) is 5.54. The Morgan fingerprint density at radius 1 is 1.11 bits per heavy atom. The number of benzene rings is 1. The maximum absolute atomic E-state index is 12.6. The van der Waals surface area contributed by atoms with Crippen LogP contribution in [0.2, 0.25) is 0 Å². The Balaban J connectivity index is 2.01. The van der Waals surface area contributed by atoms with Crippen LogP contribution in [0.4, 0.5) is 4.79 Å². The molecule has 0 aliphatic heterocycles. The van der Waals surface area contributed by atoms with E-state index in [0.29, 0.717) is 19.3 Å². The van der Waals surface area contributed by atoms with Crippen LogP contribution in [0, 0.1) is 6.92 Å². The molecule has 1 aliphatic carbocycles. The predicted molar refractivity (Wildman–Crippen MR) is 102 cm³/mol. The predicted octanol–water partition coefficient (Wildman–Crippen LogP) is 2.21. The Morgan fingerprint density at radius 2 is 1.68 bits per heavy atom. The molecule has 0 atom stereocenters. The van der Waals surface area contributed by atoms with Gasteiger partial charge >= 0.3 is 6.09 Å². The number of ether oxygens (including phenoxy) is 1. The molecule has 1 saturated carbocycles. The first-order valence-electron chi connectivity index (χ1n) is 9.00. The molecule has 1 aliphatic rings. The van der Waals surface area contributed by atoms with Crippen LogP contribution >= 0.6 is 0 Å². The van der Waals surface area contributed by atoms with Crippen molar-refractivity contribution in [1.82, 2.24) is 10.0 Å². The summed E-state index contributed by atoms with van der Waals surface area (Å²) in [6.07, 6.45) is 0.0749. The summed E-state index contributed by atoms with van der Waals surface area (Å²) >= 11 is 0. The molecule has 0 spiro atoms. The summed E-state index contributed by atoms with van der Waals surface area (Å²) in [6.45, 7) is 6.91. The van der Waals surface area contributed by atoms with Crippen molar-refractivity contribution in [3.63, 3.8) is 0 Å². The van der Waals surface area contributed by atoms with Crippen molar-refractivity contribution in [2.75, 3.05) is 0 Å². The van der Waals surface area contributed by atoms with E-state index in [9.17, 15) is 22.8 Å². The molecule has 0 bridgehead atoms. The molecule has 1 aromatic rings. The third-order valence-electron chi connectivity index (χ3n) is 4.38. The Morgan fingerprint density at radius 3 is 2.14 bits per heavy atom. The second-order valence-electron chi connectivity index (χ2n) is 8.00.